The minimum atomic E-state index is -1.41. The highest BCUT2D eigenvalue weighted by Crippen LogP contribution is 2.46. The third kappa shape index (κ3) is 2.63. The van der Waals surface area contributed by atoms with Gasteiger partial charge < -0.3 is 9.84 Å². The minimum absolute atomic E-state index is 0.0748. The van der Waals surface area contributed by atoms with Gasteiger partial charge in [-0.2, -0.15) is 0 Å². The molecule has 0 amide bonds. The largest absolute Gasteiger partial charge is 0.478 e. The summed E-state index contributed by atoms with van der Waals surface area (Å²) in [5, 5.41) is 9.45. The van der Waals surface area contributed by atoms with E-state index in [0.717, 1.165) is 4.88 Å². The van der Waals surface area contributed by atoms with Crippen LogP contribution in [0.2, 0.25) is 10.0 Å². The van der Waals surface area contributed by atoms with Crippen molar-refractivity contribution in [1.82, 2.24) is 0 Å². The first-order valence-electron chi connectivity index (χ1n) is 6.77. The number of ether oxygens (including phenoxy) is 1. The SMILES string of the molecule is Cc1ccc(C(=O)c2cc3c(c(Cl)c2Cl)OC(C)(C(=O)O)C3)s1. The molecule has 1 aromatic heterocycles. The summed E-state index contributed by atoms with van der Waals surface area (Å²) in [7, 11) is 0. The van der Waals surface area contributed by atoms with E-state index in [4.69, 9.17) is 27.9 Å². The third-order valence-electron chi connectivity index (χ3n) is 3.76. The number of hydrogen-bond acceptors (Lipinski definition) is 4. The zero-order valence-electron chi connectivity index (χ0n) is 12.3. The highest BCUT2D eigenvalue weighted by atomic mass is 35.5. The molecule has 7 heteroatoms. The van der Waals surface area contributed by atoms with Crippen LogP contribution >= 0.6 is 34.5 Å². The molecule has 0 radical (unpaired) electrons. The molecule has 0 spiro atoms. The van der Waals surface area contributed by atoms with Crippen LogP contribution in [0.1, 0.15) is 32.6 Å². The van der Waals surface area contributed by atoms with Crippen molar-refractivity contribution in [3.63, 3.8) is 0 Å². The Hall–Kier alpha value is -1.56. The van der Waals surface area contributed by atoms with Gasteiger partial charge in [0.15, 0.2) is 0 Å². The van der Waals surface area contributed by atoms with Gasteiger partial charge >= 0.3 is 5.97 Å². The number of halogens is 2. The van der Waals surface area contributed by atoms with Crippen LogP contribution in [0.25, 0.3) is 0 Å². The van der Waals surface area contributed by atoms with E-state index in [1.807, 2.05) is 13.0 Å². The number of fused-ring (bicyclic) bond motifs is 1. The molecule has 0 saturated heterocycles. The number of carboxylic acid groups (broad SMARTS) is 1. The molecule has 23 heavy (non-hydrogen) atoms. The van der Waals surface area contributed by atoms with Gasteiger partial charge in [-0.05, 0) is 32.0 Å². The maximum absolute atomic E-state index is 12.6. The number of carbonyl (C=O) groups is 2. The van der Waals surface area contributed by atoms with Gasteiger partial charge in [-0.1, -0.05) is 23.2 Å². The summed E-state index contributed by atoms with van der Waals surface area (Å²) in [6, 6.07) is 5.16. The van der Waals surface area contributed by atoms with E-state index in [1.165, 1.54) is 18.3 Å². The van der Waals surface area contributed by atoms with E-state index >= 15 is 0 Å². The molecule has 1 atom stereocenters. The molecule has 1 aliphatic rings. The molecule has 2 heterocycles. The van der Waals surface area contributed by atoms with E-state index in [0.29, 0.717) is 10.4 Å². The average Bonchev–Trinajstić information content (AvgIpc) is 3.06. The lowest BCUT2D eigenvalue weighted by Gasteiger charge is -2.18. The van der Waals surface area contributed by atoms with Crippen molar-refractivity contribution in [2.75, 3.05) is 0 Å². The Morgan fingerprint density at radius 2 is 2.00 bits per heavy atom. The predicted molar refractivity (Wildman–Crippen MR) is 89.3 cm³/mol. The van der Waals surface area contributed by atoms with Gasteiger partial charge in [0.2, 0.25) is 11.4 Å². The third-order valence-corrected chi connectivity index (χ3v) is 5.60. The lowest BCUT2D eigenvalue weighted by atomic mass is 9.97. The highest BCUT2D eigenvalue weighted by Gasteiger charge is 2.44. The molecule has 0 saturated carbocycles. The summed E-state index contributed by atoms with van der Waals surface area (Å²) in [6.45, 7) is 3.37. The Morgan fingerprint density at radius 1 is 1.30 bits per heavy atom. The average molecular weight is 371 g/mol. The van der Waals surface area contributed by atoms with Crippen LogP contribution in [0.3, 0.4) is 0 Å². The molecule has 2 aromatic rings. The number of aliphatic carboxylic acids is 1. The van der Waals surface area contributed by atoms with Crippen LogP contribution in [-0.2, 0) is 11.2 Å². The smallest absolute Gasteiger partial charge is 0.348 e. The van der Waals surface area contributed by atoms with Crippen LogP contribution < -0.4 is 4.74 Å². The number of ketones is 1. The van der Waals surface area contributed by atoms with E-state index in [-0.39, 0.29) is 33.6 Å². The van der Waals surface area contributed by atoms with Crippen LogP contribution in [0.5, 0.6) is 5.75 Å². The van der Waals surface area contributed by atoms with E-state index in [1.54, 1.807) is 12.1 Å². The van der Waals surface area contributed by atoms with Crippen molar-refractivity contribution in [3.05, 3.63) is 49.1 Å². The first-order chi connectivity index (χ1) is 10.7. The quantitative estimate of drug-likeness (QED) is 0.814. The second-order valence-electron chi connectivity index (χ2n) is 5.59. The summed E-state index contributed by atoms with van der Waals surface area (Å²) in [5.74, 6) is -1.09. The maximum atomic E-state index is 12.6. The Labute approximate surface area is 146 Å². The molecule has 120 valence electrons. The fraction of sp³-hybridized carbons (Fsp3) is 0.250. The second-order valence-corrected chi connectivity index (χ2v) is 7.64. The fourth-order valence-corrected chi connectivity index (χ4v) is 3.81. The molecule has 1 unspecified atom stereocenters. The second kappa shape index (κ2) is 5.51. The molecular weight excluding hydrogens is 359 g/mol. The summed E-state index contributed by atoms with van der Waals surface area (Å²) >= 11 is 13.8. The normalized spacial score (nSPS) is 19.3. The summed E-state index contributed by atoms with van der Waals surface area (Å²) in [6.07, 6.45) is 0.123. The lowest BCUT2D eigenvalue weighted by Crippen LogP contribution is -2.39. The van der Waals surface area contributed by atoms with Gasteiger partial charge in [0, 0.05) is 22.4 Å². The molecule has 1 N–H and O–H groups in total. The topological polar surface area (TPSA) is 63.6 Å². The summed E-state index contributed by atoms with van der Waals surface area (Å²) < 4.78 is 5.49. The fourth-order valence-electron chi connectivity index (χ4n) is 2.50. The van der Waals surface area contributed by atoms with Crippen LogP contribution in [0.15, 0.2) is 18.2 Å². The van der Waals surface area contributed by atoms with Crippen molar-refractivity contribution in [3.8, 4) is 5.75 Å². The van der Waals surface area contributed by atoms with Crippen molar-refractivity contribution < 1.29 is 19.4 Å². The standard InChI is InChI=1S/C16H12Cl2O4S/c1-7-3-4-10(23-7)13(19)9-5-8-6-16(2,15(20)21)22-14(8)12(18)11(9)17/h3-5H,6H2,1-2H3,(H,20,21). The summed E-state index contributed by atoms with van der Waals surface area (Å²) in [5.41, 5.74) is -0.576. The van der Waals surface area contributed by atoms with Crippen LogP contribution in [0.4, 0.5) is 0 Å². The predicted octanol–water partition coefficient (Wildman–Crippen LogP) is 4.37. The van der Waals surface area contributed by atoms with Gasteiger partial charge in [0.25, 0.3) is 0 Å². The van der Waals surface area contributed by atoms with Crippen LogP contribution in [-0.4, -0.2) is 22.5 Å². The molecule has 0 bridgehead atoms. The number of rotatable bonds is 3. The molecular formula is C16H12Cl2O4S. The van der Waals surface area contributed by atoms with Crippen molar-refractivity contribution >= 4 is 46.3 Å². The van der Waals surface area contributed by atoms with Gasteiger partial charge in [-0.3, -0.25) is 4.79 Å². The monoisotopic (exact) mass is 370 g/mol. The van der Waals surface area contributed by atoms with E-state index in [2.05, 4.69) is 0 Å². The number of aryl methyl sites for hydroxylation is 1. The Bertz CT molecular complexity index is 843. The molecule has 3 rings (SSSR count). The van der Waals surface area contributed by atoms with E-state index < -0.39 is 11.6 Å². The molecule has 1 aliphatic heterocycles. The molecule has 1 aromatic carbocycles. The molecule has 4 nitrogen and oxygen atoms in total. The number of carbonyl (C=O) groups excluding carboxylic acids is 1. The minimum Gasteiger partial charge on any atom is -0.478 e. The first-order valence-corrected chi connectivity index (χ1v) is 8.34. The number of thiophene rings is 1. The Morgan fingerprint density at radius 3 is 2.57 bits per heavy atom. The highest BCUT2D eigenvalue weighted by molar-refractivity contribution is 7.14. The molecule has 0 fully saturated rings. The van der Waals surface area contributed by atoms with Crippen molar-refractivity contribution in [2.24, 2.45) is 0 Å². The van der Waals surface area contributed by atoms with Gasteiger partial charge in [-0.25, -0.2) is 4.79 Å². The number of benzene rings is 1. The zero-order chi connectivity index (χ0) is 16.9. The number of hydrogen-bond donors (Lipinski definition) is 1. The van der Waals surface area contributed by atoms with Crippen molar-refractivity contribution in [1.29, 1.82) is 0 Å². The van der Waals surface area contributed by atoms with Gasteiger partial charge in [0.05, 0.1) is 9.90 Å². The van der Waals surface area contributed by atoms with Crippen LogP contribution in [0, 0.1) is 6.92 Å². The van der Waals surface area contributed by atoms with Gasteiger partial charge in [-0.15, -0.1) is 11.3 Å². The van der Waals surface area contributed by atoms with Crippen molar-refractivity contribution in [2.45, 2.75) is 25.9 Å². The van der Waals surface area contributed by atoms with Gasteiger partial charge in [0.1, 0.15) is 10.8 Å². The Kier molecular flexibility index (Phi) is 3.91. The maximum Gasteiger partial charge on any atom is 0.348 e. The zero-order valence-corrected chi connectivity index (χ0v) is 14.6. The summed E-state index contributed by atoms with van der Waals surface area (Å²) in [4.78, 5) is 25.6. The lowest BCUT2D eigenvalue weighted by molar-refractivity contribution is -0.152. The van der Waals surface area contributed by atoms with E-state index in [9.17, 15) is 14.7 Å². The Balaban J connectivity index is 2.08. The number of carboxylic acids is 1. The molecule has 0 aliphatic carbocycles. The first kappa shape index (κ1) is 16.3.